The van der Waals surface area contributed by atoms with E-state index in [2.05, 4.69) is 53.2 Å². The summed E-state index contributed by atoms with van der Waals surface area (Å²) in [6.45, 7) is 6.63. The van der Waals surface area contributed by atoms with Crippen molar-refractivity contribution in [3.63, 3.8) is 0 Å². The molecule has 1 aromatic rings. The number of para-hydroxylation sites is 1. The number of benzene rings is 1. The molecular formula is C19H25N3O. The summed E-state index contributed by atoms with van der Waals surface area (Å²) in [5.74, 6) is 0.979. The number of fused-ring (bicyclic) bond motifs is 3. The highest BCUT2D eigenvalue weighted by molar-refractivity contribution is 5.83. The van der Waals surface area contributed by atoms with Crippen molar-refractivity contribution in [3.05, 3.63) is 29.8 Å². The van der Waals surface area contributed by atoms with Gasteiger partial charge in [-0.05, 0) is 57.8 Å². The Labute approximate surface area is 137 Å². The number of hydrogen-bond donors (Lipinski definition) is 1. The predicted octanol–water partition coefficient (Wildman–Crippen LogP) is 2.31. The highest BCUT2D eigenvalue weighted by atomic mass is 16.2. The summed E-state index contributed by atoms with van der Waals surface area (Å²) in [6.07, 6.45) is 3.40. The van der Waals surface area contributed by atoms with Crippen LogP contribution in [0.4, 0.5) is 5.69 Å². The van der Waals surface area contributed by atoms with E-state index in [0.29, 0.717) is 18.0 Å². The first-order chi connectivity index (χ1) is 11.1. The van der Waals surface area contributed by atoms with Crippen LogP contribution in [0.5, 0.6) is 0 Å². The molecule has 0 radical (unpaired) electrons. The Bertz CT molecular complexity index is 670. The highest BCUT2D eigenvalue weighted by Gasteiger charge is 2.57. The molecule has 4 aliphatic rings. The van der Waals surface area contributed by atoms with Crippen LogP contribution in [-0.4, -0.2) is 41.6 Å². The summed E-state index contributed by atoms with van der Waals surface area (Å²) in [6, 6.07) is 9.66. The van der Waals surface area contributed by atoms with Gasteiger partial charge in [0.05, 0.1) is 12.0 Å². The summed E-state index contributed by atoms with van der Waals surface area (Å²) in [5.41, 5.74) is 2.50. The van der Waals surface area contributed by atoms with Gasteiger partial charge < -0.3 is 10.2 Å². The fourth-order valence-corrected chi connectivity index (χ4v) is 5.78. The maximum Gasteiger partial charge on any atom is 0.226 e. The molecule has 4 aliphatic heterocycles. The lowest BCUT2D eigenvalue weighted by Gasteiger charge is -2.51. The van der Waals surface area contributed by atoms with Crippen molar-refractivity contribution in [3.8, 4) is 0 Å². The van der Waals surface area contributed by atoms with Crippen molar-refractivity contribution in [2.75, 3.05) is 18.0 Å². The zero-order valence-corrected chi connectivity index (χ0v) is 14.0. The molecule has 4 unspecified atom stereocenters. The van der Waals surface area contributed by atoms with Crippen LogP contribution in [0.25, 0.3) is 0 Å². The molecule has 4 heterocycles. The lowest BCUT2D eigenvalue weighted by molar-refractivity contribution is -0.129. The van der Waals surface area contributed by atoms with Gasteiger partial charge in [-0.2, -0.15) is 0 Å². The summed E-state index contributed by atoms with van der Waals surface area (Å²) >= 11 is 0. The maximum absolute atomic E-state index is 12.9. The van der Waals surface area contributed by atoms with Gasteiger partial charge in [-0.25, -0.2) is 0 Å². The minimum absolute atomic E-state index is 0.148. The fraction of sp³-hybridized carbons (Fsp3) is 0.632. The number of piperidine rings is 2. The van der Waals surface area contributed by atoms with Crippen LogP contribution in [0.1, 0.15) is 44.6 Å². The third-order valence-corrected chi connectivity index (χ3v) is 6.55. The van der Waals surface area contributed by atoms with Gasteiger partial charge in [0.15, 0.2) is 0 Å². The van der Waals surface area contributed by atoms with E-state index in [9.17, 15) is 4.79 Å². The minimum Gasteiger partial charge on any atom is -0.344 e. The number of anilines is 1. The van der Waals surface area contributed by atoms with Gasteiger partial charge >= 0.3 is 0 Å². The Balaban J connectivity index is 1.72. The molecule has 1 amide bonds. The van der Waals surface area contributed by atoms with Crippen LogP contribution < -0.4 is 10.2 Å². The van der Waals surface area contributed by atoms with Crippen LogP contribution in [0.2, 0.25) is 0 Å². The molecule has 0 bridgehead atoms. The van der Waals surface area contributed by atoms with Gasteiger partial charge in [0.25, 0.3) is 0 Å². The Kier molecular flexibility index (Phi) is 2.71. The monoisotopic (exact) mass is 311 g/mol. The van der Waals surface area contributed by atoms with Gasteiger partial charge in [0.1, 0.15) is 5.66 Å². The van der Waals surface area contributed by atoms with Gasteiger partial charge in [-0.15, -0.1) is 0 Å². The van der Waals surface area contributed by atoms with E-state index in [1.165, 1.54) is 17.7 Å². The van der Waals surface area contributed by atoms with Crippen molar-refractivity contribution in [1.82, 2.24) is 10.2 Å². The lowest BCUT2D eigenvalue weighted by atomic mass is 9.75. The smallest absolute Gasteiger partial charge is 0.226 e. The van der Waals surface area contributed by atoms with Crippen molar-refractivity contribution in [1.29, 1.82) is 0 Å². The summed E-state index contributed by atoms with van der Waals surface area (Å²) in [4.78, 5) is 18.1. The first-order valence-corrected chi connectivity index (χ1v) is 9.02. The summed E-state index contributed by atoms with van der Waals surface area (Å²) in [5, 5.41) is 3.36. The van der Waals surface area contributed by atoms with Gasteiger partial charge in [0.2, 0.25) is 5.91 Å². The average Bonchev–Trinajstić information content (AvgIpc) is 2.85. The number of rotatable bonds is 0. The lowest BCUT2D eigenvalue weighted by Crippen LogP contribution is -2.63. The molecule has 23 heavy (non-hydrogen) atoms. The van der Waals surface area contributed by atoms with Gasteiger partial charge in [0, 0.05) is 17.6 Å². The third-order valence-electron chi connectivity index (χ3n) is 6.55. The fourth-order valence-electron chi connectivity index (χ4n) is 5.78. The second-order valence-corrected chi connectivity index (χ2v) is 8.14. The zero-order chi connectivity index (χ0) is 15.8. The van der Waals surface area contributed by atoms with Crippen LogP contribution >= 0.6 is 0 Å². The Hall–Kier alpha value is -1.55. The Morgan fingerprint density at radius 2 is 1.91 bits per heavy atom. The highest BCUT2D eigenvalue weighted by Crippen LogP contribution is 2.52. The minimum atomic E-state index is -0.326. The normalized spacial score (nSPS) is 37.7. The second-order valence-electron chi connectivity index (χ2n) is 8.14. The first kappa shape index (κ1) is 13.8. The maximum atomic E-state index is 12.9. The standard InChI is InChI=1S/C19H25N3O/c1-19(2)20-18(23)14-7-5-10-21-11-9-13-12-6-3-4-8-15(12)22(19)17(13)16(14)21/h3-4,6,8,13-14,16-17H,5,7,9-11H2,1-2H3,(H,20,23). The van der Waals surface area contributed by atoms with E-state index in [1.807, 2.05) is 0 Å². The molecule has 4 atom stereocenters. The Morgan fingerprint density at radius 3 is 2.78 bits per heavy atom. The topological polar surface area (TPSA) is 35.6 Å². The molecule has 0 aliphatic carbocycles. The molecule has 5 rings (SSSR count). The molecule has 0 spiro atoms. The summed E-state index contributed by atoms with van der Waals surface area (Å²) < 4.78 is 0. The van der Waals surface area contributed by atoms with E-state index in [-0.39, 0.29) is 17.5 Å². The van der Waals surface area contributed by atoms with E-state index in [1.54, 1.807) is 0 Å². The molecule has 3 fully saturated rings. The largest absolute Gasteiger partial charge is 0.344 e. The van der Waals surface area contributed by atoms with Crippen LogP contribution in [0.3, 0.4) is 0 Å². The second kappa shape index (κ2) is 4.50. The number of amides is 1. The molecule has 3 saturated heterocycles. The van der Waals surface area contributed by atoms with E-state index in [0.717, 1.165) is 25.9 Å². The van der Waals surface area contributed by atoms with Gasteiger partial charge in [-0.1, -0.05) is 18.2 Å². The number of nitrogens with one attached hydrogen (secondary N) is 1. The van der Waals surface area contributed by atoms with Crippen molar-refractivity contribution in [2.24, 2.45) is 5.92 Å². The van der Waals surface area contributed by atoms with Crippen molar-refractivity contribution in [2.45, 2.75) is 56.8 Å². The van der Waals surface area contributed by atoms with Crippen LogP contribution in [-0.2, 0) is 4.79 Å². The molecular weight excluding hydrogens is 286 g/mol. The zero-order valence-electron chi connectivity index (χ0n) is 14.0. The third kappa shape index (κ3) is 1.73. The summed E-state index contributed by atoms with van der Waals surface area (Å²) in [7, 11) is 0. The SMILES string of the molecule is CC1(C)NC(=O)C2CCCN3CCC4c5ccccc5N1C4C23. The Morgan fingerprint density at radius 1 is 1.09 bits per heavy atom. The van der Waals surface area contributed by atoms with Crippen LogP contribution in [0, 0.1) is 5.92 Å². The molecule has 1 N–H and O–H groups in total. The molecule has 0 aromatic heterocycles. The number of carbonyl (C=O) groups is 1. The molecule has 4 heteroatoms. The van der Waals surface area contributed by atoms with E-state index in [4.69, 9.17) is 0 Å². The number of carbonyl (C=O) groups excluding carboxylic acids is 1. The van der Waals surface area contributed by atoms with E-state index >= 15 is 0 Å². The van der Waals surface area contributed by atoms with Crippen molar-refractivity contribution < 1.29 is 4.79 Å². The first-order valence-electron chi connectivity index (χ1n) is 9.02. The molecule has 1 aromatic carbocycles. The van der Waals surface area contributed by atoms with Crippen LogP contribution in [0.15, 0.2) is 24.3 Å². The number of hydrogen-bond acceptors (Lipinski definition) is 3. The quantitative estimate of drug-likeness (QED) is 0.798. The van der Waals surface area contributed by atoms with Crippen molar-refractivity contribution >= 4 is 11.6 Å². The average molecular weight is 311 g/mol. The molecule has 122 valence electrons. The van der Waals surface area contributed by atoms with Gasteiger partial charge in [-0.3, -0.25) is 9.69 Å². The van der Waals surface area contributed by atoms with E-state index < -0.39 is 0 Å². The molecule has 4 nitrogen and oxygen atoms in total. The molecule has 0 saturated carbocycles. The predicted molar refractivity (Wildman–Crippen MR) is 90.4 cm³/mol. The number of nitrogens with zero attached hydrogens (tertiary/aromatic N) is 2.